The number of hydrogen-bond donors (Lipinski definition) is 0. The molecular formula is C12H9ClO2S2. The minimum Gasteiger partial charge on any atom is -0.292 e. The quantitative estimate of drug-likeness (QED) is 0.807. The number of ketones is 1. The zero-order valence-electron chi connectivity index (χ0n) is 8.76. The number of halogens is 1. The Balaban J connectivity index is 2.13. The molecule has 0 aliphatic heterocycles. The van der Waals surface area contributed by atoms with Gasteiger partial charge in [-0.25, -0.2) is 0 Å². The minimum atomic E-state index is -1.38. The Bertz CT molecular complexity index is 549. The van der Waals surface area contributed by atoms with Crippen LogP contribution in [0.2, 0.25) is 5.02 Å². The monoisotopic (exact) mass is 284 g/mol. The summed E-state index contributed by atoms with van der Waals surface area (Å²) >= 11 is 7.28. The summed E-state index contributed by atoms with van der Waals surface area (Å²) in [6.45, 7) is 0. The largest absolute Gasteiger partial charge is 0.292 e. The number of carbonyl (C=O) groups excluding carboxylic acids is 1. The topological polar surface area (TPSA) is 34.1 Å². The van der Waals surface area contributed by atoms with E-state index < -0.39 is 10.8 Å². The SMILES string of the molecule is O=C(CS(=O)c1ccccc1Cl)c1cccs1. The summed E-state index contributed by atoms with van der Waals surface area (Å²) in [7, 11) is -1.38. The number of benzene rings is 1. The van der Waals surface area contributed by atoms with Crippen LogP contribution in [0, 0.1) is 0 Å². The molecule has 1 heterocycles. The van der Waals surface area contributed by atoms with Crippen molar-refractivity contribution < 1.29 is 9.00 Å². The van der Waals surface area contributed by atoms with Crippen LogP contribution in [0.5, 0.6) is 0 Å². The second kappa shape index (κ2) is 5.58. The summed E-state index contributed by atoms with van der Waals surface area (Å²) in [6, 6.07) is 10.4. The van der Waals surface area contributed by atoms with Gasteiger partial charge in [-0.1, -0.05) is 29.8 Å². The molecule has 0 saturated heterocycles. The summed E-state index contributed by atoms with van der Waals surface area (Å²) < 4.78 is 12.0. The van der Waals surface area contributed by atoms with E-state index in [4.69, 9.17) is 11.6 Å². The third-order valence-electron chi connectivity index (χ3n) is 2.14. The maximum atomic E-state index is 12.0. The Morgan fingerprint density at radius 2 is 2.00 bits per heavy atom. The molecule has 0 amide bonds. The molecule has 0 radical (unpaired) electrons. The average molecular weight is 285 g/mol. The summed E-state index contributed by atoms with van der Waals surface area (Å²) in [5.41, 5.74) is 0. The molecular weight excluding hydrogens is 276 g/mol. The first-order valence-corrected chi connectivity index (χ1v) is 7.46. The highest BCUT2D eigenvalue weighted by Gasteiger charge is 2.14. The highest BCUT2D eigenvalue weighted by atomic mass is 35.5. The van der Waals surface area contributed by atoms with E-state index in [0.717, 1.165) is 0 Å². The lowest BCUT2D eigenvalue weighted by molar-refractivity contribution is 0.102. The van der Waals surface area contributed by atoms with Crippen LogP contribution in [0.4, 0.5) is 0 Å². The lowest BCUT2D eigenvalue weighted by atomic mass is 10.3. The molecule has 2 nitrogen and oxygen atoms in total. The summed E-state index contributed by atoms with van der Waals surface area (Å²) in [5, 5.41) is 2.26. The molecule has 1 unspecified atom stereocenters. The van der Waals surface area contributed by atoms with Crippen LogP contribution in [0.1, 0.15) is 9.67 Å². The van der Waals surface area contributed by atoms with Gasteiger partial charge in [-0.15, -0.1) is 11.3 Å². The fourth-order valence-electron chi connectivity index (χ4n) is 1.33. The van der Waals surface area contributed by atoms with Crippen molar-refractivity contribution >= 4 is 39.5 Å². The molecule has 0 aliphatic rings. The van der Waals surface area contributed by atoms with Crippen molar-refractivity contribution in [2.45, 2.75) is 4.90 Å². The predicted molar refractivity (Wildman–Crippen MR) is 71.4 cm³/mol. The Labute approximate surface area is 111 Å². The van der Waals surface area contributed by atoms with Crippen molar-refractivity contribution in [2.75, 3.05) is 5.75 Å². The lowest BCUT2D eigenvalue weighted by Gasteiger charge is -2.02. The third kappa shape index (κ3) is 3.03. The van der Waals surface area contributed by atoms with Gasteiger partial charge in [0.1, 0.15) is 0 Å². The van der Waals surface area contributed by atoms with Crippen molar-refractivity contribution in [3.63, 3.8) is 0 Å². The molecule has 2 rings (SSSR count). The Morgan fingerprint density at radius 1 is 1.24 bits per heavy atom. The van der Waals surface area contributed by atoms with Gasteiger partial charge in [-0.2, -0.15) is 0 Å². The van der Waals surface area contributed by atoms with Gasteiger partial charge in [0.25, 0.3) is 0 Å². The zero-order valence-corrected chi connectivity index (χ0v) is 11.1. The van der Waals surface area contributed by atoms with E-state index in [1.807, 2.05) is 5.38 Å². The smallest absolute Gasteiger partial charge is 0.185 e. The first-order chi connectivity index (χ1) is 8.18. The second-order valence-corrected chi connectivity index (χ2v) is 6.10. The highest BCUT2D eigenvalue weighted by Crippen LogP contribution is 2.20. The first kappa shape index (κ1) is 12.5. The third-order valence-corrected chi connectivity index (χ3v) is 4.86. The molecule has 0 saturated carbocycles. The fourth-order valence-corrected chi connectivity index (χ4v) is 3.55. The lowest BCUT2D eigenvalue weighted by Crippen LogP contribution is -2.09. The van der Waals surface area contributed by atoms with Crippen molar-refractivity contribution in [2.24, 2.45) is 0 Å². The van der Waals surface area contributed by atoms with Crippen LogP contribution >= 0.6 is 22.9 Å². The van der Waals surface area contributed by atoms with Gasteiger partial charge < -0.3 is 0 Å². The molecule has 1 aromatic heterocycles. The van der Waals surface area contributed by atoms with E-state index in [0.29, 0.717) is 14.8 Å². The van der Waals surface area contributed by atoms with Gasteiger partial charge in [0.2, 0.25) is 0 Å². The van der Waals surface area contributed by atoms with Gasteiger partial charge >= 0.3 is 0 Å². The molecule has 0 fully saturated rings. The standard InChI is InChI=1S/C12H9ClO2S2/c13-9-4-1-2-6-12(9)17(15)8-10(14)11-5-3-7-16-11/h1-7H,8H2. The fraction of sp³-hybridized carbons (Fsp3) is 0.0833. The molecule has 5 heteroatoms. The molecule has 88 valence electrons. The molecule has 2 aromatic rings. The normalized spacial score (nSPS) is 12.3. The van der Waals surface area contributed by atoms with Gasteiger partial charge in [0.15, 0.2) is 5.78 Å². The van der Waals surface area contributed by atoms with Crippen molar-refractivity contribution in [3.8, 4) is 0 Å². The van der Waals surface area contributed by atoms with E-state index in [1.165, 1.54) is 11.3 Å². The van der Waals surface area contributed by atoms with E-state index in [1.54, 1.807) is 36.4 Å². The molecule has 0 spiro atoms. The maximum Gasteiger partial charge on any atom is 0.185 e. The summed E-state index contributed by atoms with van der Waals surface area (Å²) in [4.78, 5) is 12.9. The van der Waals surface area contributed by atoms with Gasteiger partial charge in [-0.3, -0.25) is 9.00 Å². The summed E-state index contributed by atoms with van der Waals surface area (Å²) in [5.74, 6) is -0.136. The zero-order chi connectivity index (χ0) is 12.3. The van der Waals surface area contributed by atoms with Crippen molar-refractivity contribution in [1.82, 2.24) is 0 Å². The average Bonchev–Trinajstić information content (AvgIpc) is 2.82. The predicted octanol–water partition coefficient (Wildman–Crippen LogP) is 3.39. The van der Waals surface area contributed by atoms with Crippen molar-refractivity contribution in [1.29, 1.82) is 0 Å². The molecule has 0 aliphatic carbocycles. The number of rotatable bonds is 4. The van der Waals surface area contributed by atoms with Crippen LogP contribution in [0.15, 0.2) is 46.7 Å². The Morgan fingerprint density at radius 3 is 2.65 bits per heavy atom. The Kier molecular flexibility index (Phi) is 4.10. The first-order valence-electron chi connectivity index (χ1n) is 4.88. The van der Waals surface area contributed by atoms with Crippen LogP contribution in [-0.4, -0.2) is 15.7 Å². The molecule has 0 bridgehead atoms. The van der Waals surface area contributed by atoms with E-state index in [2.05, 4.69) is 0 Å². The molecule has 17 heavy (non-hydrogen) atoms. The van der Waals surface area contributed by atoms with E-state index >= 15 is 0 Å². The number of carbonyl (C=O) groups is 1. The van der Waals surface area contributed by atoms with Crippen LogP contribution in [0.25, 0.3) is 0 Å². The maximum absolute atomic E-state index is 12.0. The highest BCUT2D eigenvalue weighted by molar-refractivity contribution is 7.86. The second-order valence-electron chi connectivity index (χ2n) is 3.32. The number of thiophene rings is 1. The van der Waals surface area contributed by atoms with Crippen LogP contribution < -0.4 is 0 Å². The molecule has 1 aromatic carbocycles. The number of hydrogen-bond acceptors (Lipinski definition) is 3. The van der Waals surface area contributed by atoms with Crippen molar-refractivity contribution in [3.05, 3.63) is 51.7 Å². The van der Waals surface area contributed by atoms with E-state index in [-0.39, 0.29) is 11.5 Å². The molecule has 0 N–H and O–H groups in total. The number of Topliss-reactive ketones (excluding diaryl/α,β-unsaturated/α-hetero) is 1. The van der Waals surface area contributed by atoms with Crippen LogP contribution in [0.3, 0.4) is 0 Å². The van der Waals surface area contributed by atoms with Gasteiger partial charge in [-0.05, 0) is 23.6 Å². The van der Waals surface area contributed by atoms with Crippen LogP contribution in [-0.2, 0) is 10.8 Å². The minimum absolute atomic E-state index is 0.0236. The van der Waals surface area contributed by atoms with Gasteiger partial charge in [0.05, 0.1) is 31.3 Å². The van der Waals surface area contributed by atoms with E-state index in [9.17, 15) is 9.00 Å². The Hall–Kier alpha value is -0.970. The van der Waals surface area contributed by atoms with Gasteiger partial charge in [0, 0.05) is 0 Å². The molecule has 1 atom stereocenters. The summed E-state index contributed by atoms with van der Waals surface area (Å²) in [6.07, 6.45) is 0.